The van der Waals surface area contributed by atoms with Gasteiger partial charge in [0.15, 0.2) is 0 Å². The zero-order valence-electron chi connectivity index (χ0n) is 7.53. The van der Waals surface area contributed by atoms with Gasteiger partial charge in [-0.15, -0.1) is 12.4 Å². The van der Waals surface area contributed by atoms with Gasteiger partial charge in [-0.1, -0.05) is 19.3 Å². The molecule has 1 saturated heterocycles. The minimum atomic E-state index is -0.614. The largest absolute Gasteiger partial charge is 0.481 e. The molecule has 0 aromatic rings. The van der Waals surface area contributed by atoms with Crippen molar-refractivity contribution in [3.8, 4) is 0 Å². The summed E-state index contributed by atoms with van der Waals surface area (Å²) in [7, 11) is 0. The monoisotopic (exact) mass is 205 g/mol. The topological polar surface area (TPSA) is 49.3 Å². The lowest BCUT2D eigenvalue weighted by atomic mass is 9.72. The van der Waals surface area contributed by atoms with E-state index in [-0.39, 0.29) is 18.3 Å². The van der Waals surface area contributed by atoms with Crippen molar-refractivity contribution in [3.05, 3.63) is 0 Å². The second kappa shape index (κ2) is 4.29. The number of carboxylic acids is 1. The van der Waals surface area contributed by atoms with Crippen molar-refractivity contribution in [3.63, 3.8) is 0 Å². The zero-order valence-corrected chi connectivity index (χ0v) is 8.35. The molecule has 2 rings (SSSR count). The summed E-state index contributed by atoms with van der Waals surface area (Å²) in [4.78, 5) is 10.8. The smallest absolute Gasteiger partial charge is 0.308 e. The Morgan fingerprint density at radius 2 is 2.00 bits per heavy atom. The highest BCUT2D eigenvalue weighted by Crippen LogP contribution is 2.38. The van der Waals surface area contributed by atoms with E-state index in [2.05, 4.69) is 5.32 Å². The minimum Gasteiger partial charge on any atom is -0.481 e. The number of nitrogens with one attached hydrogen (secondary N) is 1. The Labute approximate surface area is 84.3 Å². The van der Waals surface area contributed by atoms with Crippen LogP contribution >= 0.6 is 12.4 Å². The number of carbonyl (C=O) groups is 1. The molecule has 2 fully saturated rings. The highest BCUT2D eigenvalue weighted by Gasteiger charge is 2.39. The molecule has 2 aliphatic rings. The first-order valence-electron chi connectivity index (χ1n) is 4.72. The van der Waals surface area contributed by atoms with Crippen LogP contribution in [0.1, 0.15) is 19.3 Å². The van der Waals surface area contributed by atoms with Crippen LogP contribution in [0.2, 0.25) is 0 Å². The molecule has 0 spiro atoms. The molecule has 0 amide bonds. The molecular weight excluding hydrogens is 190 g/mol. The molecule has 3 nitrogen and oxygen atoms in total. The maximum Gasteiger partial charge on any atom is 0.308 e. The molecule has 76 valence electrons. The van der Waals surface area contributed by atoms with E-state index >= 15 is 0 Å². The fraction of sp³-hybridized carbons (Fsp3) is 0.889. The first-order valence-corrected chi connectivity index (χ1v) is 4.72. The molecule has 1 saturated carbocycles. The van der Waals surface area contributed by atoms with E-state index in [1.165, 1.54) is 19.3 Å². The number of rotatable bonds is 2. The predicted octanol–water partition coefficient (Wildman–Crippen LogP) is 1.13. The van der Waals surface area contributed by atoms with Gasteiger partial charge in [-0.2, -0.15) is 0 Å². The van der Waals surface area contributed by atoms with Crippen LogP contribution in [0.3, 0.4) is 0 Å². The van der Waals surface area contributed by atoms with Gasteiger partial charge in [0.25, 0.3) is 0 Å². The van der Waals surface area contributed by atoms with E-state index in [1.54, 1.807) is 0 Å². The van der Waals surface area contributed by atoms with Crippen molar-refractivity contribution in [1.82, 2.24) is 5.32 Å². The van der Waals surface area contributed by atoms with Crippen LogP contribution in [0, 0.1) is 17.8 Å². The fourth-order valence-electron chi connectivity index (χ4n) is 2.33. The predicted molar refractivity (Wildman–Crippen MR) is 52.1 cm³/mol. The fourth-order valence-corrected chi connectivity index (χ4v) is 2.33. The summed E-state index contributed by atoms with van der Waals surface area (Å²) in [6.45, 7) is 1.60. The third-order valence-corrected chi connectivity index (χ3v) is 3.33. The summed E-state index contributed by atoms with van der Waals surface area (Å²) in [5, 5.41) is 12.1. The summed E-state index contributed by atoms with van der Waals surface area (Å²) in [5.41, 5.74) is 0. The number of halogens is 1. The van der Waals surface area contributed by atoms with E-state index in [9.17, 15) is 4.79 Å². The molecular formula is C9H16ClNO2. The molecule has 4 heteroatoms. The maximum atomic E-state index is 10.8. The highest BCUT2D eigenvalue weighted by atomic mass is 35.5. The molecule has 13 heavy (non-hydrogen) atoms. The third-order valence-electron chi connectivity index (χ3n) is 3.33. The van der Waals surface area contributed by atoms with Crippen molar-refractivity contribution >= 4 is 18.4 Å². The first-order chi connectivity index (χ1) is 5.79. The summed E-state index contributed by atoms with van der Waals surface area (Å²) < 4.78 is 0. The second-order valence-electron chi connectivity index (χ2n) is 3.96. The number of hydrogen-bond donors (Lipinski definition) is 2. The van der Waals surface area contributed by atoms with E-state index in [4.69, 9.17) is 5.11 Å². The molecule has 0 radical (unpaired) electrons. The second-order valence-corrected chi connectivity index (χ2v) is 3.96. The van der Waals surface area contributed by atoms with Gasteiger partial charge in [-0.05, 0) is 18.4 Å². The van der Waals surface area contributed by atoms with Crippen LogP contribution < -0.4 is 5.32 Å². The summed E-state index contributed by atoms with van der Waals surface area (Å²) in [6.07, 6.45) is 3.79. The Morgan fingerprint density at radius 3 is 2.46 bits per heavy atom. The summed E-state index contributed by atoms with van der Waals surface area (Å²) in [6, 6.07) is 0. The number of hydrogen-bond acceptors (Lipinski definition) is 2. The average Bonchev–Trinajstić information content (AvgIpc) is 2.31. The Balaban J connectivity index is 0.000000845. The lowest BCUT2D eigenvalue weighted by molar-refractivity contribution is -0.143. The lowest BCUT2D eigenvalue weighted by Gasteiger charge is -2.32. The first kappa shape index (κ1) is 10.8. The van der Waals surface area contributed by atoms with Crippen LogP contribution in [0.4, 0.5) is 0 Å². The SMILES string of the molecule is Cl.O=C(O)C1CNCC1C1CCC1. The van der Waals surface area contributed by atoms with Gasteiger partial charge in [-0.3, -0.25) is 4.79 Å². The molecule has 2 N–H and O–H groups in total. The normalized spacial score (nSPS) is 33.5. The molecule has 2 unspecified atom stereocenters. The van der Waals surface area contributed by atoms with Crippen molar-refractivity contribution in [1.29, 1.82) is 0 Å². The Bertz CT molecular complexity index is 194. The van der Waals surface area contributed by atoms with Crippen LogP contribution in [0.25, 0.3) is 0 Å². The van der Waals surface area contributed by atoms with Crippen LogP contribution in [-0.4, -0.2) is 24.2 Å². The van der Waals surface area contributed by atoms with Crippen molar-refractivity contribution < 1.29 is 9.90 Å². The summed E-state index contributed by atoms with van der Waals surface area (Å²) >= 11 is 0. The van der Waals surface area contributed by atoms with Crippen LogP contribution in [0.15, 0.2) is 0 Å². The van der Waals surface area contributed by atoms with E-state index in [0.29, 0.717) is 18.4 Å². The van der Waals surface area contributed by atoms with Crippen LogP contribution in [-0.2, 0) is 4.79 Å². The quantitative estimate of drug-likeness (QED) is 0.711. The van der Waals surface area contributed by atoms with Gasteiger partial charge in [0.1, 0.15) is 0 Å². The van der Waals surface area contributed by atoms with Crippen LogP contribution in [0.5, 0.6) is 0 Å². The lowest BCUT2D eigenvalue weighted by Crippen LogP contribution is -2.31. The molecule has 1 aliphatic carbocycles. The van der Waals surface area contributed by atoms with E-state index < -0.39 is 5.97 Å². The average molecular weight is 206 g/mol. The van der Waals surface area contributed by atoms with Crippen molar-refractivity contribution in [2.24, 2.45) is 17.8 Å². The van der Waals surface area contributed by atoms with E-state index in [0.717, 1.165) is 6.54 Å². The van der Waals surface area contributed by atoms with Crippen molar-refractivity contribution in [2.75, 3.05) is 13.1 Å². The maximum absolute atomic E-state index is 10.8. The Hall–Kier alpha value is -0.280. The Morgan fingerprint density at radius 1 is 1.31 bits per heavy atom. The molecule has 1 heterocycles. The Kier molecular flexibility index (Phi) is 3.56. The molecule has 1 aliphatic heterocycles. The molecule has 0 aromatic heterocycles. The van der Waals surface area contributed by atoms with Gasteiger partial charge in [-0.25, -0.2) is 0 Å². The summed E-state index contributed by atoms with van der Waals surface area (Å²) in [5.74, 6) is 0.379. The molecule has 0 aromatic carbocycles. The highest BCUT2D eigenvalue weighted by molar-refractivity contribution is 5.85. The molecule has 2 atom stereocenters. The van der Waals surface area contributed by atoms with E-state index in [1.807, 2.05) is 0 Å². The van der Waals surface area contributed by atoms with Gasteiger partial charge >= 0.3 is 5.97 Å². The van der Waals surface area contributed by atoms with Crippen molar-refractivity contribution in [2.45, 2.75) is 19.3 Å². The zero-order chi connectivity index (χ0) is 8.55. The minimum absolute atomic E-state index is 0. The number of carboxylic acid groups (broad SMARTS) is 1. The third kappa shape index (κ3) is 1.97. The van der Waals surface area contributed by atoms with Gasteiger partial charge in [0.2, 0.25) is 0 Å². The number of aliphatic carboxylic acids is 1. The molecule has 0 bridgehead atoms. The standard InChI is InChI=1S/C9H15NO2.ClH/c11-9(12)8-5-10-4-7(8)6-2-1-3-6;/h6-8,10H,1-5H2,(H,11,12);1H. The van der Waals surface area contributed by atoms with Gasteiger partial charge in [0, 0.05) is 6.54 Å². The van der Waals surface area contributed by atoms with Gasteiger partial charge in [0.05, 0.1) is 5.92 Å². The van der Waals surface area contributed by atoms with Gasteiger partial charge < -0.3 is 10.4 Å².